The van der Waals surface area contributed by atoms with E-state index in [1.54, 1.807) is 29.7 Å². The molecule has 0 saturated carbocycles. The van der Waals surface area contributed by atoms with Gasteiger partial charge in [0.1, 0.15) is 0 Å². The molecule has 0 aliphatic heterocycles. The SMILES string of the molecule is O=C(CSc1nccn1-c1ccc(C(=O)NCc2cccs2)cc1)NCc1ccccc1. The molecule has 0 unspecified atom stereocenters. The molecule has 4 aromatic rings. The number of thioether (sulfide) groups is 1. The fourth-order valence-corrected chi connectivity index (χ4v) is 4.47. The minimum atomic E-state index is -0.111. The number of hydrogen-bond acceptors (Lipinski definition) is 5. The highest BCUT2D eigenvalue weighted by Gasteiger charge is 2.11. The number of amides is 2. The minimum absolute atomic E-state index is 0.0498. The third-order valence-corrected chi connectivity index (χ3v) is 6.53. The van der Waals surface area contributed by atoms with Crippen LogP contribution in [-0.4, -0.2) is 27.1 Å². The Bertz CT molecular complexity index is 1160. The number of thiophene rings is 1. The van der Waals surface area contributed by atoms with Crippen LogP contribution in [0.5, 0.6) is 0 Å². The highest BCUT2D eigenvalue weighted by Crippen LogP contribution is 2.21. The average molecular weight is 463 g/mol. The van der Waals surface area contributed by atoms with Gasteiger partial charge in [-0.15, -0.1) is 11.3 Å². The summed E-state index contributed by atoms with van der Waals surface area (Å²) in [5.74, 6) is 0.110. The summed E-state index contributed by atoms with van der Waals surface area (Å²) in [6.07, 6.45) is 3.54. The smallest absolute Gasteiger partial charge is 0.251 e. The Labute approximate surface area is 194 Å². The molecule has 0 saturated heterocycles. The van der Waals surface area contributed by atoms with Crippen molar-refractivity contribution >= 4 is 34.9 Å². The van der Waals surface area contributed by atoms with Crippen LogP contribution in [0.25, 0.3) is 5.69 Å². The summed E-state index contributed by atoms with van der Waals surface area (Å²) in [6, 6.07) is 21.1. The van der Waals surface area contributed by atoms with Gasteiger partial charge in [-0.05, 0) is 41.3 Å². The number of nitrogens with one attached hydrogen (secondary N) is 2. The molecule has 8 heteroatoms. The first-order chi connectivity index (χ1) is 15.7. The Balaban J connectivity index is 1.31. The molecule has 6 nitrogen and oxygen atoms in total. The van der Waals surface area contributed by atoms with Gasteiger partial charge in [-0.3, -0.25) is 14.2 Å². The van der Waals surface area contributed by atoms with Gasteiger partial charge in [0.25, 0.3) is 5.91 Å². The number of rotatable bonds is 9. The van der Waals surface area contributed by atoms with Crippen LogP contribution in [0.3, 0.4) is 0 Å². The molecule has 2 aromatic heterocycles. The second-order valence-corrected chi connectivity index (χ2v) is 8.91. The van der Waals surface area contributed by atoms with Gasteiger partial charge in [0.05, 0.1) is 12.3 Å². The van der Waals surface area contributed by atoms with Crippen LogP contribution >= 0.6 is 23.1 Å². The molecule has 0 bridgehead atoms. The fourth-order valence-electron chi connectivity index (χ4n) is 3.03. The normalized spacial score (nSPS) is 10.6. The second kappa shape index (κ2) is 10.8. The predicted octanol–water partition coefficient (Wildman–Crippen LogP) is 4.27. The molecule has 2 N–H and O–H groups in total. The summed E-state index contributed by atoms with van der Waals surface area (Å²) in [4.78, 5) is 30.1. The number of aromatic nitrogens is 2. The van der Waals surface area contributed by atoms with E-state index in [0.29, 0.717) is 18.7 Å². The van der Waals surface area contributed by atoms with Gasteiger partial charge in [0, 0.05) is 35.1 Å². The molecule has 0 atom stereocenters. The quantitative estimate of drug-likeness (QED) is 0.364. The van der Waals surface area contributed by atoms with Crippen molar-refractivity contribution in [3.8, 4) is 5.69 Å². The molecule has 0 fully saturated rings. The van der Waals surface area contributed by atoms with Gasteiger partial charge in [0.2, 0.25) is 5.91 Å². The number of carbonyl (C=O) groups excluding carboxylic acids is 2. The van der Waals surface area contributed by atoms with E-state index in [-0.39, 0.29) is 17.6 Å². The van der Waals surface area contributed by atoms with Gasteiger partial charge in [-0.25, -0.2) is 4.98 Å². The van der Waals surface area contributed by atoms with Gasteiger partial charge in [-0.2, -0.15) is 0 Å². The van der Waals surface area contributed by atoms with Gasteiger partial charge in [-0.1, -0.05) is 48.2 Å². The number of carbonyl (C=O) groups is 2. The number of benzene rings is 2. The van der Waals surface area contributed by atoms with E-state index < -0.39 is 0 Å². The zero-order valence-corrected chi connectivity index (χ0v) is 18.9. The Kier molecular flexibility index (Phi) is 7.37. The average Bonchev–Trinajstić information content (AvgIpc) is 3.53. The third kappa shape index (κ3) is 5.87. The van der Waals surface area contributed by atoms with Crippen LogP contribution < -0.4 is 10.6 Å². The van der Waals surface area contributed by atoms with E-state index >= 15 is 0 Å². The van der Waals surface area contributed by atoms with Crippen LogP contribution in [0, 0.1) is 0 Å². The maximum atomic E-state index is 12.4. The first-order valence-corrected chi connectivity index (χ1v) is 11.9. The summed E-state index contributed by atoms with van der Waals surface area (Å²) >= 11 is 2.99. The molecule has 0 aliphatic carbocycles. The highest BCUT2D eigenvalue weighted by molar-refractivity contribution is 7.99. The Morgan fingerprint density at radius 1 is 0.938 bits per heavy atom. The third-order valence-electron chi connectivity index (χ3n) is 4.68. The first kappa shape index (κ1) is 21.9. The summed E-state index contributed by atoms with van der Waals surface area (Å²) in [5, 5.41) is 8.56. The van der Waals surface area contributed by atoms with Crippen LogP contribution in [0.1, 0.15) is 20.8 Å². The van der Waals surface area contributed by atoms with Crippen molar-refractivity contribution in [3.05, 3.63) is 101 Å². The highest BCUT2D eigenvalue weighted by atomic mass is 32.2. The van der Waals surface area contributed by atoms with Gasteiger partial charge in [0.15, 0.2) is 5.16 Å². The second-order valence-electron chi connectivity index (χ2n) is 6.94. The molecule has 32 heavy (non-hydrogen) atoms. The molecular formula is C24H22N4O2S2. The van der Waals surface area contributed by atoms with Crippen molar-refractivity contribution in [3.63, 3.8) is 0 Å². The van der Waals surface area contributed by atoms with E-state index in [0.717, 1.165) is 21.3 Å². The lowest BCUT2D eigenvalue weighted by atomic mass is 10.2. The van der Waals surface area contributed by atoms with Crippen molar-refractivity contribution < 1.29 is 9.59 Å². The first-order valence-electron chi connectivity index (χ1n) is 10.1. The van der Waals surface area contributed by atoms with E-state index in [1.807, 2.05) is 70.7 Å². The van der Waals surface area contributed by atoms with Crippen LogP contribution in [0.2, 0.25) is 0 Å². The largest absolute Gasteiger partial charge is 0.351 e. The molecule has 2 aromatic carbocycles. The van der Waals surface area contributed by atoms with Crippen molar-refractivity contribution in [2.45, 2.75) is 18.2 Å². The molecular weight excluding hydrogens is 440 g/mol. The minimum Gasteiger partial charge on any atom is -0.351 e. The van der Waals surface area contributed by atoms with Crippen molar-refractivity contribution in [2.75, 3.05) is 5.75 Å². The van der Waals surface area contributed by atoms with E-state index in [4.69, 9.17) is 0 Å². The number of nitrogens with zero attached hydrogens (tertiary/aromatic N) is 2. The summed E-state index contributed by atoms with van der Waals surface area (Å²) in [7, 11) is 0. The zero-order valence-electron chi connectivity index (χ0n) is 17.2. The molecule has 162 valence electrons. The van der Waals surface area contributed by atoms with E-state index in [1.165, 1.54) is 11.8 Å². The lowest BCUT2D eigenvalue weighted by Crippen LogP contribution is -2.24. The number of hydrogen-bond donors (Lipinski definition) is 2. The molecule has 2 heterocycles. The predicted molar refractivity (Wildman–Crippen MR) is 128 cm³/mol. The molecule has 0 radical (unpaired) electrons. The molecule has 0 spiro atoms. The van der Waals surface area contributed by atoms with Crippen molar-refractivity contribution in [2.24, 2.45) is 0 Å². The summed E-state index contributed by atoms with van der Waals surface area (Å²) in [5.41, 5.74) is 2.54. The van der Waals surface area contributed by atoms with Crippen LogP contribution in [0.4, 0.5) is 0 Å². The Hall–Kier alpha value is -3.36. The number of imidazole rings is 1. The van der Waals surface area contributed by atoms with Crippen LogP contribution in [0.15, 0.2) is 89.7 Å². The topological polar surface area (TPSA) is 76.0 Å². The Morgan fingerprint density at radius 2 is 1.75 bits per heavy atom. The van der Waals surface area contributed by atoms with Crippen LogP contribution in [-0.2, 0) is 17.9 Å². The molecule has 0 aliphatic rings. The van der Waals surface area contributed by atoms with Crippen molar-refractivity contribution in [1.82, 2.24) is 20.2 Å². The summed E-state index contributed by atoms with van der Waals surface area (Å²) < 4.78 is 1.91. The monoisotopic (exact) mass is 462 g/mol. The zero-order chi connectivity index (χ0) is 22.2. The van der Waals surface area contributed by atoms with Crippen molar-refractivity contribution in [1.29, 1.82) is 0 Å². The lowest BCUT2D eigenvalue weighted by molar-refractivity contribution is -0.118. The van der Waals surface area contributed by atoms with Gasteiger partial charge < -0.3 is 10.6 Å². The van der Waals surface area contributed by atoms with Gasteiger partial charge >= 0.3 is 0 Å². The maximum Gasteiger partial charge on any atom is 0.251 e. The lowest BCUT2D eigenvalue weighted by Gasteiger charge is -2.09. The fraction of sp³-hybridized carbons (Fsp3) is 0.125. The summed E-state index contributed by atoms with van der Waals surface area (Å²) in [6.45, 7) is 1.03. The van der Waals surface area contributed by atoms with E-state index in [2.05, 4.69) is 15.6 Å². The molecule has 2 amide bonds. The maximum absolute atomic E-state index is 12.4. The molecule has 4 rings (SSSR count). The van der Waals surface area contributed by atoms with E-state index in [9.17, 15) is 9.59 Å². The Morgan fingerprint density at radius 3 is 2.50 bits per heavy atom. The standard InChI is InChI=1S/C24H22N4O2S2/c29-22(26-15-18-5-2-1-3-6-18)17-32-24-25-12-13-28(24)20-10-8-19(9-11-20)23(30)27-16-21-7-4-14-31-21/h1-14H,15-17H2,(H,26,29)(H,27,30).